The predicted octanol–water partition coefficient (Wildman–Crippen LogP) is 7.72. The molecular formula is C42H48N6O6. The summed E-state index contributed by atoms with van der Waals surface area (Å²) in [5.74, 6) is 0.510. The quantitative estimate of drug-likeness (QED) is 0.189. The normalized spacial score (nSPS) is 19.2. The Balaban J connectivity index is 1.00. The van der Waals surface area contributed by atoms with Gasteiger partial charge in [0.2, 0.25) is 5.91 Å². The topological polar surface area (TPSA) is 138 Å². The van der Waals surface area contributed by atoms with E-state index in [1.54, 1.807) is 4.90 Å². The number of alkyl carbamates (subject to hydrolysis) is 1. The first kappa shape index (κ1) is 36.9. The van der Waals surface area contributed by atoms with Crippen LogP contribution in [0.25, 0.3) is 38.7 Å². The van der Waals surface area contributed by atoms with Gasteiger partial charge in [-0.15, -0.1) is 0 Å². The SMILES string of the molecule is COC(=O)N[C@H](C(=O)N1CCC[C@H]1c1ncc(-c2ccc3cc(-c4ccc(C5=CN=C([C@@H]6COCN6C(=O)OC(C)(C)C)C5)cc4)ccc3c2)[nH]1)C(C)C. The molecule has 3 aliphatic heterocycles. The lowest BCUT2D eigenvalue weighted by atomic mass is 9.96. The molecule has 7 rings (SSSR count). The number of hydrogen-bond donors (Lipinski definition) is 2. The number of benzene rings is 3. The standard InChI is InChI=1S/C42H48N6O6/c1-25(2)37(46-40(50)52-6)39(49)47-17-7-8-35(47)38-44-22-34(45-38)31-16-15-29-18-28(13-14-30(29)19-31)26-9-11-27(12-10-26)32-20-33(43-21-32)36-23-53-24-48(36)41(51)54-42(3,4)5/h9-16,18-19,21-22,25,35-37H,7-8,17,20,23-24H2,1-6H3,(H,44,45)(H,46,50)/t35-,36-,37-/m0/s1. The van der Waals surface area contributed by atoms with E-state index in [2.05, 4.69) is 76.0 Å². The molecule has 2 fully saturated rings. The molecule has 3 amide bonds. The highest BCUT2D eigenvalue weighted by Crippen LogP contribution is 2.35. The Labute approximate surface area is 315 Å². The van der Waals surface area contributed by atoms with E-state index in [0.29, 0.717) is 19.6 Å². The number of hydrogen-bond acceptors (Lipinski definition) is 8. The number of nitrogens with one attached hydrogen (secondary N) is 2. The molecule has 2 N–H and O–H groups in total. The van der Waals surface area contributed by atoms with Crippen LogP contribution in [0.5, 0.6) is 0 Å². The highest BCUT2D eigenvalue weighted by molar-refractivity contribution is 6.03. The molecule has 282 valence electrons. The summed E-state index contributed by atoms with van der Waals surface area (Å²) in [7, 11) is 1.30. The lowest BCUT2D eigenvalue weighted by Gasteiger charge is -2.30. The Hall–Kier alpha value is -5.49. The van der Waals surface area contributed by atoms with Gasteiger partial charge in [-0.2, -0.15) is 0 Å². The molecule has 4 heterocycles. The van der Waals surface area contributed by atoms with E-state index in [0.717, 1.165) is 68.7 Å². The van der Waals surface area contributed by atoms with E-state index in [9.17, 15) is 14.4 Å². The van der Waals surface area contributed by atoms with Gasteiger partial charge in [0, 0.05) is 30.4 Å². The fourth-order valence-corrected chi connectivity index (χ4v) is 7.36. The second-order valence-corrected chi connectivity index (χ2v) is 15.5. The number of amides is 3. The summed E-state index contributed by atoms with van der Waals surface area (Å²) >= 11 is 0. The van der Waals surface area contributed by atoms with E-state index >= 15 is 0 Å². The van der Waals surface area contributed by atoms with E-state index in [-0.39, 0.29) is 36.7 Å². The van der Waals surface area contributed by atoms with Crippen LogP contribution in [-0.4, -0.2) is 88.3 Å². The summed E-state index contributed by atoms with van der Waals surface area (Å²) in [6, 6.07) is 20.2. The van der Waals surface area contributed by atoms with Gasteiger partial charge >= 0.3 is 12.2 Å². The molecule has 54 heavy (non-hydrogen) atoms. The molecule has 4 aromatic rings. The number of nitrogens with zero attached hydrogens (tertiary/aromatic N) is 4. The first-order valence-electron chi connectivity index (χ1n) is 18.6. The largest absolute Gasteiger partial charge is 0.453 e. The Morgan fingerprint density at radius 1 is 0.926 bits per heavy atom. The number of ether oxygens (including phenoxy) is 3. The van der Waals surface area contributed by atoms with Crippen LogP contribution in [0, 0.1) is 5.92 Å². The van der Waals surface area contributed by atoms with Crippen LogP contribution in [0.1, 0.15) is 71.3 Å². The summed E-state index contributed by atoms with van der Waals surface area (Å²) in [4.78, 5) is 54.6. The number of H-pyrrole nitrogens is 1. The maximum Gasteiger partial charge on any atom is 0.412 e. The molecule has 12 nitrogen and oxygen atoms in total. The first-order chi connectivity index (χ1) is 25.9. The molecule has 0 radical (unpaired) electrons. The van der Waals surface area contributed by atoms with Gasteiger partial charge in [-0.1, -0.05) is 62.4 Å². The highest BCUT2D eigenvalue weighted by atomic mass is 16.6. The van der Waals surface area contributed by atoms with Gasteiger partial charge in [0.15, 0.2) is 0 Å². The molecule has 0 aliphatic carbocycles. The minimum atomic E-state index is -0.680. The van der Waals surface area contributed by atoms with Gasteiger partial charge in [-0.05, 0) is 84.7 Å². The van der Waals surface area contributed by atoms with Gasteiger partial charge in [0.25, 0.3) is 0 Å². The van der Waals surface area contributed by atoms with Gasteiger partial charge in [0.1, 0.15) is 24.2 Å². The number of likely N-dealkylation sites (tertiary alicyclic amines) is 1. The number of fused-ring (bicyclic) bond motifs is 1. The Morgan fingerprint density at radius 3 is 2.31 bits per heavy atom. The minimum Gasteiger partial charge on any atom is -0.453 e. The fraction of sp³-hybridized carbons (Fsp3) is 0.405. The molecule has 0 spiro atoms. The van der Waals surface area contributed by atoms with Crippen molar-refractivity contribution in [2.75, 3.05) is 27.0 Å². The first-order valence-corrected chi connectivity index (χ1v) is 18.6. The van der Waals surface area contributed by atoms with Crippen molar-refractivity contribution in [2.24, 2.45) is 10.9 Å². The third-order valence-electron chi connectivity index (χ3n) is 10.2. The van der Waals surface area contributed by atoms with Crippen LogP contribution in [0.4, 0.5) is 9.59 Å². The van der Waals surface area contributed by atoms with Crippen molar-refractivity contribution in [3.05, 3.63) is 84.4 Å². The van der Waals surface area contributed by atoms with Crippen molar-refractivity contribution in [1.82, 2.24) is 25.1 Å². The van der Waals surface area contributed by atoms with Crippen LogP contribution in [0.2, 0.25) is 0 Å². The molecule has 0 bridgehead atoms. The highest BCUT2D eigenvalue weighted by Gasteiger charge is 2.38. The minimum absolute atomic E-state index is 0.0973. The number of aliphatic imine (C=N–C) groups is 1. The molecule has 1 aromatic heterocycles. The van der Waals surface area contributed by atoms with E-state index in [1.165, 1.54) is 7.11 Å². The number of aromatic nitrogens is 2. The molecule has 0 unspecified atom stereocenters. The zero-order valence-corrected chi connectivity index (χ0v) is 31.7. The van der Waals surface area contributed by atoms with E-state index < -0.39 is 17.7 Å². The smallest absolute Gasteiger partial charge is 0.412 e. The summed E-state index contributed by atoms with van der Waals surface area (Å²) in [6.45, 7) is 10.6. The second-order valence-electron chi connectivity index (χ2n) is 15.5. The average Bonchev–Trinajstić information content (AvgIpc) is 3.98. The van der Waals surface area contributed by atoms with Crippen molar-refractivity contribution in [3.63, 3.8) is 0 Å². The fourth-order valence-electron chi connectivity index (χ4n) is 7.36. The van der Waals surface area contributed by atoms with Crippen LogP contribution in [0.15, 0.2) is 78.1 Å². The van der Waals surface area contributed by atoms with Crippen molar-refractivity contribution >= 4 is 40.2 Å². The number of allylic oxidation sites excluding steroid dienone is 1. The zero-order chi connectivity index (χ0) is 38.1. The van der Waals surface area contributed by atoms with Crippen molar-refractivity contribution in [3.8, 4) is 22.4 Å². The monoisotopic (exact) mass is 732 g/mol. The number of carbonyl (C=O) groups excluding carboxylic acids is 3. The second kappa shape index (κ2) is 15.1. The van der Waals surface area contributed by atoms with E-state index in [4.69, 9.17) is 19.2 Å². The van der Waals surface area contributed by atoms with Gasteiger partial charge < -0.3 is 29.4 Å². The summed E-state index contributed by atoms with van der Waals surface area (Å²) in [5, 5.41) is 4.93. The van der Waals surface area contributed by atoms with Crippen molar-refractivity contribution in [2.45, 2.75) is 77.6 Å². The molecule has 3 aromatic carbocycles. The van der Waals surface area contributed by atoms with Crippen molar-refractivity contribution in [1.29, 1.82) is 0 Å². The lowest BCUT2D eigenvalue weighted by Crippen LogP contribution is -2.51. The summed E-state index contributed by atoms with van der Waals surface area (Å²) in [5.41, 5.74) is 6.62. The van der Waals surface area contributed by atoms with E-state index in [1.807, 2.05) is 51.9 Å². The number of carbonyl (C=O) groups is 3. The number of methoxy groups -OCH3 is 1. The predicted molar refractivity (Wildman–Crippen MR) is 208 cm³/mol. The number of aromatic amines is 1. The maximum atomic E-state index is 13.6. The maximum absolute atomic E-state index is 13.6. The Morgan fingerprint density at radius 2 is 1.61 bits per heavy atom. The zero-order valence-electron chi connectivity index (χ0n) is 31.7. The van der Waals surface area contributed by atoms with Crippen molar-refractivity contribution < 1.29 is 28.6 Å². The van der Waals surface area contributed by atoms with Crippen LogP contribution in [-0.2, 0) is 19.0 Å². The molecule has 3 atom stereocenters. The van der Waals surface area contributed by atoms with Gasteiger partial charge in [-0.3, -0.25) is 14.7 Å². The Bertz CT molecular complexity index is 2110. The molecule has 12 heteroatoms. The third-order valence-corrected chi connectivity index (χ3v) is 10.2. The van der Waals surface area contributed by atoms with Crippen LogP contribution >= 0.6 is 0 Å². The van der Waals surface area contributed by atoms with Crippen LogP contribution in [0.3, 0.4) is 0 Å². The third kappa shape index (κ3) is 7.75. The number of rotatable bonds is 8. The average molecular weight is 733 g/mol. The van der Waals surface area contributed by atoms with Crippen LogP contribution < -0.4 is 5.32 Å². The Kier molecular flexibility index (Phi) is 10.3. The molecule has 0 saturated carbocycles. The van der Waals surface area contributed by atoms with Gasteiger partial charge in [-0.25, -0.2) is 14.6 Å². The van der Waals surface area contributed by atoms with Gasteiger partial charge in [0.05, 0.1) is 37.7 Å². The molecule has 2 saturated heterocycles. The molecular weight excluding hydrogens is 684 g/mol. The molecule has 3 aliphatic rings. The summed E-state index contributed by atoms with van der Waals surface area (Å²) < 4.78 is 16.0. The summed E-state index contributed by atoms with van der Waals surface area (Å²) in [6.07, 6.45) is 5.01. The number of imidazole rings is 1. The lowest BCUT2D eigenvalue weighted by molar-refractivity contribution is -0.135.